The van der Waals surface area contributed by atoms with Gasteiger partial charge >= 0.3 is 12.1 Å². The fraction of sp³-hybridized carbons (Fsp3) is 0.625. The molecular formula is C32H41BrN2O9S. The first-order valence-electron chi connectivity index (χ1n) is 15.8. The maximum Gasteiger partial charge on any atom is 0.408 e. The van der Waals surface area contributed by atoms with Crippen LogP contribution in [-0.2, 0) is 38.2 Å². The topological polar surface area (TPSA) is 145 Å². The summed E-state index contributed by atoms with van der Waals surface area (Å²) < 4.78 is 43.3. The number of alkyl carbamates (subject to hydrolysis) is 1. The molecule has 0 bridgehead atoms. The van der Waals surface area contributed by atoms with Crippen molar-refractivity contribution in [2.75, 3.05) is 13.7 Å². The zero-order valence-corrected chi connectivity index (χ0v) is 27.9. The molecule has 3 fully saturated rings. The van der Waals surface area contributed by atoms with Crippen molar-refractivity contribution in [2.24, 2.45) is 11.3 Å². The van der Waals surface area contributed by atoms with Crippen molar-refractivity contribution in [3.8, 4) is 0 Å². The summed E-state index contributed by atoms with van der Waals surface area (Å²) in [5.41, 5.74) is -1.03. The molecule has 246 valence electrons. The van der Waals surface area contributed by atoms with Crippen LogP contribution < -0.4 is 5.32 Å². The van der Waals surface area contributed by atoms with Crippen molar-refractivity contribution in [3.63, 3.8) is 0 Å². The zero-order valence-electron chi connectivity index (χ0n) is 25.5. The van der Waals surface area contributed by atoms with E-state index in [1.165, 1.54) is 24.1 Å². The van der Waals surface area contributed by atoms with Crippen LogP contribution in [-0.4, -0.2) is 75.0 Å². The van der Waals surface area contributed by atoms with Crippen molar-refractivity contribution in [1.29, 1.82) is 0 Å². The van der Waals surface area contributed by atoms with Gasteiger partial charge in [-0.25, -0.2) is 4.79 Å². The number of Topliss-reactive ketones (excluding diaryl/α,β-unsaturated/α-hetero) is 1. The number of rotatable bonds is 6. The second-order valence-electron chi connectivity index (χ2n) is 12.5. The van der Waals surface area contributed by atoms with Gasteiger partial charge in [0.1, 0.15) is 12.1 Å². The highest BCUT2D eigenvalue weighted by Gasteiger charge is 2.61. The first-order valence-corrected chi connectivity index (χ1v) is 18.0. The van der Waals surface area contributed by atoms with Gasteiger partial charge in [0.25, 0.3) is 10.1 Å². The highest BCUT2D eigenvalue weighted by Crippen LogP contribution is 2.57. The molecule has 45 heavy (non-hydrogen) atoms. The molecule has 1 aromatic carbocycles. The van der Waals surface area contributed by atoms with Crippen molar-refractivity contribution >= 4 is 49.8 Å². The van der Waals surface area contributed by atoms with E-state index in [4.69, 9.17) is 13.7 Å². The fourth-order valence-corrected chi connectivity index (χ4v) is 8.16. The number of halogens is 1. The van der Waals surface area contributed by atoms with Gasteiger partial charge in [0.2, 0.25) is 5.91 Å². The predicted octanol–water partition coefficient (Wildman–Crippen LogP) is 4.82. The third kappa shape index (κ3) is 7.97. The number of benzene rings is 1. The highest BCUT2D eigenvalue weighted by molar-refractivity contribution is 9.10. The van der Waals surface area contributed by atoms with Crippen molar-refractivity contribution in [1.82, 2.24) is 10.2 Å². The van der Waals surface area contributed by atoms with Crippen LogP contribution in [0.25, 0.3) is 0 Å². The van der Waals surface area contributed by atoms with Gasteiger partial charge in [-0.15, -0.1) is 0 Å². The Morgan fingerprint density at radius 3 is 2.42 bits per heavy atom. The van der Waals surface area contributed by atoms with E-state index in [9.17, 15) is 27.6 Å². The lowest BCUT2D eigenvalue weighted by Crippen LogP contribution is -2.52. The molecule has 4 aliphatic rings. The molecule has 2 saturated carbocycles. The first-order chi connectivity index (χ1) is 21.5. The van der Waals surface area contributed by atoms with Crippen LogP contribution in [0, 0.1) is 11.3 Å². The van der Waals surface area contributed by atoms with Crippen LogP contribution in [0.1, 0.15) is 77.0 Å². The lowest BCUT2D eigenvalue weighted by atomic mass is 9.92. The average Bonchev–Trinajstić information content (AvgIpc) is 3.29. The number of esters is 1. The Hall–Kier alpha value is -2.77. The zero-order chi connectivity index (χ0) is 32.2. The summed E-state index contributed by atoms with van der Waals surface area (Å²) in [5.74, 6) is -1.52. The average molecular weight is 710 g/mol. The summed E-state index contributed by atoms with van der Waals surface area (Å²) in [4.78, 5) is 55.2. The van der Waals surface area contributed by atoms with Crippen LogP contribution in [0.3, 0.4) is 0 Å². The molecule has 5 atom stereocenters. The third-order valence-electron chi connectivity index (χ3n) is 9.40. The van der Waals surface area contributed by atoms with E-state index in [1.54, 1.807) is 12.1 Å². The number of ether oxygens (including phenoxy) is 2. The van der Waals surface area contributed by atoms with Crippen LogP contribution in [0.4, 0.5) is 4.79 Å². The molecule has 1 N–H and O–H groups in total. The molecule has 13 heteroatoms. The van der Waals surface area contributed by atoms with E-state index in [0.29, 0.717) is 23.7 Å². The third-order valence-corrected chi connectivity index (χ3v) is 11.3. The summed E-state index contributed by atoms with van der Waals surface area (Å²) in [5, 5.41) is 2.75. The Morgan fingerprint density at radius 2 is 1.71 bits per heavy atom. The second kappa shape index (κ2) is 14.3. The molecule has 0 spiro atoms. The number of ketones is 1. The first kappa shape index (κ1) is 33.6. The molecule has 2 amide bonds. The number of fused-ring (bicyclic) bond motifs is 2. The molecule has 0 unspecified atom stereocenters. The summed E-state index contributed by atoms with van der Waals surface area (Å²) >= 11 is 3.29. The Labute approximate surface area is 272 Å². The smallest absolute Gasteiger partial charge is 0.408 e. The lowest BCUT2D eigenvalue weighted by Gasteiger charge is -2.29. The number of nitrogens with one attached hydrogen (secondary N) is 1. The fourth-order valence-electron chi connectivity index (χ4n) is 6.82. The maximum absolute atomic E-state index is 14.2. The molecule has 5 rings (SSSR count). The van der Waals surface area contributed by atoms with Crippen LogP contribution in [0.2, 0.25) is 0 Å². The molecular weight excluding hydrogens is 668 g/mol. The van der Waals surface area contributed by atoms with Crippen LogP contribution >= 0.6 is 15.9 Å². The standard InChI is InChI=1S/C32H41BrN2O9S/c1-42-30(38)32-18-21(32)9-5-3-2-4-6-12-26(34-31(39)43-23-10-7-8-11-23)29(37)35-20-24(17-27(35)28(36)19-32)44-45(40,41)25-15-13-22(33)14-16-25/h5,9,13-16,21,23-24,26-27H,2-4,6-8,10-12,17-20H2,1H3,(H,34,39)/b9-5-/t21-,24+,26+,27+,32-/m1/s1. The molecule has 2 aliphatic heterocycles. The minimum absolute atomic E-state index is 0.0562. The summed E-state index contributed by atoms with van der Waals surface area (Å²) in [7, 11) is -2.93. The second-order valence-corrected chi connectivity index (χ2v) is 15.0. The number of nitrogens with zero attached hydrogens (tertiary/aromatic N) is 1. The van der Waals surface area contributed by atoms with Gasteiger partial charge in [0, 0.05) is 23.9 Å². The highest BCUT2D eigenvalue weighted by atomic mass is 79.9. The summed E-state index contributed by atoms with van der Waals surface area (Å²) in [6.45, 7) is -0.171. The molecule has 0 radical (unpaired) electrons. The normalized spacial score (nSPS) is 30.4. The van der Waals surface area contributed by atoms with Gasteiger partial charge in [-0.2, -0.15) is 8.42 Å². The maximum atomic E-state index is 14.2. The number of allylic oxidation sites excluding steroid dienone is 2. The number of amides is 2. The van der Waals surface area contributed by atoms with E-state index in [0.717, 1.165) is 44.9 Å². The SMILES string of the molecule is COC(=O)[C@]12CC(=O)[C@@H]3C[C@H](OS(=O)(=O)c4ccc(Br)cc4)CN3C(=O)[C@@H](NC(=O)OC3CCCC3)CCCCC/C=C\[C@@H]1C2. The van der Waals surface area contributed by atoms with Gasteiger partial charge in [-0.1, -0.05) is 40.9 Å². The van der Waals surface area contributed by atoms with E-state index in [1.807, 2.05) is 12.2 Å². The van der Waals surface area contributed by atoms with Gasteiger partial charge in [-0.05, 0) is 81.5 Å². The minimum Gasteiger partial charge on any atom is -0.469 e. The predicted molar refractivity (Wildman–Crippen MR) is 166 cm³/mol. The van der Waals surface area contributed by atoms with Gasteiger partial charge in [-0.3, -0.25) is 18.6 Å². The number of carbonyl (C=O) groups is 4. The van der Waals surface area contributed by atoms with Crippen molar-refractivity contribution in [3.05, 3.63) is 40.9 Å². The minimum atomic E-state index is -4.22. The molecule has 11 nitrogen and oxygen atoms in total. The van der Waals surface area contributed by atoms with E-state index in [2.05, 4.69) is 21.2 Å². The molecule has 1 aromatic rings. The molecule has 2 heterocycles. The Morgan fingerprint density at radius 1 is 1.00 bits per heavy atom. The Balaban J connectivity index is 1.41. The van der Waals surface area contributed by atoms with Crippen LogP contribution in [0.5, 0.6) is 0 Å². The van der Waals surface area contributed by atoms with Gasteiger partial charge in [0.05, 0.1) is 29.6 Å². The Bertz CT molecular complexity index is 1410. The quantitative estimate of drug-likeness (QED) is 0.250. The number of hydrogen-bond donors (Lipinski definition) is 1. The Kier molecular flexibility index (Phi) is 10.7. The molecule has 0 aromatic heterocycles. The number of hydrogen-bond acceptors (Lipinski definition) is 9. The summed E-state index contributed by atoms with van der Waals surface area (Å²) in [6.07, 6.45) is 9.28. The van der Waals surface area contributed by atoms with Gasteiger partial charge in [0.15, 0.2) is 5.78 Å². The van der Waals surface area contributed by atoms with Crippen molar-refractivity contribution < 1.29 is 41.3 Å². The van der Waals surface area contributed by atoms with E-state index >= 15 is 0 Å². The lowest BCUT2D eigenvalue weighted by molar-refractivity contribution is -0.150. The molecule has 2 aliphatic carbocycles. The monoisotopic (exact) mass is 708 g/mol. The number of carbonyl (C=O) groups excluding carboxylic acids is 4. The van der Waals surface area contributed by atoms with E-state index < -0.39 is 51.7 Å². The summed E-state index contributed by atoms with van der Waals surface area (Å²) in [6, 6.07) is 3.95. The molecule has 1 saturated heterocycles. The number of methoxy groups -OCH3 is 1. The van der Waals surface area contributed by atoms with E-state index in [-0.39, 0.29) is 42.1 Å². The van der Waals surface area contributed by atoms with Crippen LogP contribution in [0.15, 0.2) is 45.8 Å². The van der Waals surface area contributed by atoms with Gasteiger partial charge < -0.3 is 19.7 Å². The van der Waals surface area contributed by atoms with Crippen molar-refractivity contribution in [2.45, 2.75) is 106 Å². The largest absolute Gasteiger partial charge is 0.469 e.